The highest BCUT2D eigenvalue weighted by Gasteiger charge is 2.44. The van der Waals surface area contributed by atoms with Crippen LogP contribution < -0.4 is 10.2 Å². The van der Waals surface area contributed by atoms with Crippen LogP contribution in [0.5, 0.6) is 17.2 Å². The van der Waals surface area contributed by atoms with Crippen LogP contribution in [0.1, 0.15) is 0 Å². The van der Waals surface area contributed by atoms with Crippen molar-refractivity contribution in [2.75, 3.05) is 6.61 Å². The van der Waals surface area contributed by atoms with Gasteiger partial charge in [-0.2, -0.15) is 0 Å². The minimum Gasteiger partial charge on any atom is -0.508 e. The number of hydrogen-bond donors (Lipinski definition) is 5. The molecule has 0 aliphatic carbocycles. The molecule has 1 fully saturated rings. The summed E-state index contributed by atoms with van der Waals surface area (Å²) >= 11 is 0. The molecule has 0 bridgehead atoms. The van der Waals surface area contributed by atoms with E-state index >= 15 is 0 Å². The third kappa shape index (κ3) is 3.40. The first kappa shape index (κ1) is 19.2. The molecule has 152 valence electrons. The molecule has 2 aromatic carbocycles. The van der Waals surface area contributed by atoms with Gasteiger partial charge in [-0.25, -0.2) is 0 Å². The molecule has 5 N–H and O–H groups in total. The Balaban J connectivity index is 1.70. The first-order chi connectivity index (χ1) is 13.9. The molecule has 0 radical (unpaired) electrons. The summed E-state index contributed by atoms with van der Waals surface area (Å²) in [6.45, 7) is -0.506. The van der Waals surface area contributed by atoms with E-state index < -0.39 is 42.4 Å². The van der Waals surface area contributed by atoms with E-state index in [1.807, 2.05) is 0 Å². The van der Waals surface area contributed by atoms with E-state index in [2.05, 4.69) is 0 Å². The summed E-state index contributed by atoms with van der Waals surface area (Å²) in [6.07, 6.45) is -3.83. The molecule has 0 saturated carbocycles. The number of rotatable bonds is 4. The molecule has 2 heterocycles. The topological polar surface area (TPSA) is 150 Å². The Hall–Kier alpha value is -3.11. The Morgan fingerprint density at radius 1 is 1.07 bits per heavy atom. The molecule has 1 aliphatic heterocycles. The van der Waals surface area contributed by atoms with Crippen molar-refractivity contribution in [2.45, 2.75) is 24.6 Å². The van der Waals surface area contributed by atoms with E-state index in [0.717, 1.165) is 6.07 Å². The van der Waals surface area contributed by atoms with Crippen LogP contribution in [-0.4, -0.2) is 56.7 Å². The van der Waals surface area contributed by atoms with Crippen LogP contribution in [0.2, 0.25) is 0 Å². The number of hydrogen-bond acceptors (Lipinski definition) is 9. The predicted octanol–water partition coefficient (Wildman–Crippen LogP) is 0.689. The highest BCUT2D eigenvalue weighted by molar-refractivity contribution is 5.88. The summed E-state index contributed by atoms with van der Waals surface area (Å²) < 4.78 is 16.2. The van der Waals surface area contributed by atoms with Gasteiger partial charge in [-0.05, 0) is 17.7 Å². The van der Waals surface area contributed by atoms with E-state index in [4.69, 9.17) is 19.0 Å². The number of ether oxygens (including phenoxy) is 2. The van der Waals surface area contributed by atoms with E-state index in [9.17, 15) is 25.2 Å². The van der Waals surface area contributed by atoms with Crippen molar-refractivity contribution < 1.29 is 39.4 Å². The Bertz CT molecular complexity index is 1110. The SMILES string of the molecule is O=c1c(-c2cccc(O)c2)coc2cc(O[C@H]3O[C@H](CO)[C@@H](O)[C@@H]3O)cc(O)c12. The minimum atomic E-state index is -1.41. The minimum absolute atomic E-state index is 0.0199. The zero-order valence-electron chi connectivity index (χ0n) is 14.9. The second-order valence-electron chi connectivity index (χ2n) is 6.67. The van der Waals surface area contributed by atoms with Gasteiger partial charge in [0.25, 0.3) is 0 Å². The van der Waals surface area contributed by atoms with Gasteiger partial charge < -0.3 is 39.4 Å². The van der Waals surface area contributed by atoms with Gasteiger partial charge in [-0.3, -0.25) is 4.79 Å². The van der Waals surface area contributed by atoms with Crippen LogP contribution in [0, 0.1) is 0 Å². The second kappa shape index (κ2) is 7.37. The molecule has 0 unspecified atom stereocenters. The molecule has 9 heteroatoms. The number of benzene rings is 2. The molecule has 1 aromatic heterocycles. The van der Waals surface area contributed by atoms with Crippen molar-refractivity contribution in [3.05, 3.63) is 52.9 Å². The van der Waals surface area contributed by atoms with Gasteiger partial charge in [0.2, 0.25) is 11.7 Å². The molecule has 9 nitrogen and oxygen atoms in total. The third-order valence-electron chi connectivity index (χ3n) is 4.74. The fraction of sp³-hybridized carbons (Fsp3) is 0.250. The predicted molar refractivity (Wildman–Crippen MR) is 99.6 cm³/mol. The van der Waals surface area contributed by atoms with Gasteiger partial charge >= 0.3 is 0 Å². The standard InChI is InChI=1S/C20H18O9/c21-7-15-18(25)19(26)20(29-15)28-11-5-13(23)16-14(6-11)27-8-12(17(16)24)9-2-1-3-10(22)4-9/h1-6,8,15,18-23,25-26H,7H2/t15-,18-,19+,20+/m1/s1. The quantitative estimate of drug-likeness (QED) is 0.425. The van der Waals surface area contributed by atoms with E-state index in [0.29, 0.717) is 5.56 Å². The molecule has 0 amide bonds. The van der Waals surface area contributed by atoms with Crippen molar-refractivity contribution in [3.63, 3.8) is 0 Å². The van der Waals surface area contributed by atoms with Gasteiger partial charge in [-0.1, -0.05) is 12.1 Å². The molecular weight excluding hydrogens is 384 g/mol. The van der Waals surface area contributed by atoms with Gasteiger partial charge in [0, 0.05) is 12.1 Å². The van der Waals surface area contributed by atoms with Crippen molar-refractivity contribution in [2.24, 2.45) is 0 Å². The van der Waals surface area contributed by atoms with Crippen molar-refractivity contribution in [3.8, 4) is 28.4 Å². The summed E-state index contributed by atoms with van der Waals surface area (Å²) in [7, 11) is 0. The number of phenolic OH excluding ortho intramolecular Hbond substituents is 2. The number of aromatic hydroxyl groups is 2. The fourth-order valence-electron chi connectivity index (χ4n) is 3.25. The van der Waals surface area contributed by atoms with Gasteiger partial charge in [0.15, 0.2) is 0 Å². The van der Waals surface area contributed by atoms with Crippen LogP contribution in [0.4, 0.5) is 0 Å². The van der Waals surface area contributed by atoms with Gasteiger partial charge in [0.1, 0.15) is 52.8 Å². The number of fused-ring (bicyclic) bond motifs is 1. The Morgan fingerprint density at radius 3 is 2.55 bits per heavy atom. The Morgan fingerprint density at radius 2 is 1.86 bits per heavy atom. The average Bonchev–Trinajstić information content (AvgIpc) is 2.95. The molecule has 29 heavy (non-hydrogen) atoms. The molecule has 3 aromatic rings. The maximum atomic E-state index is 12.8. The first-order valence-electron chi connectivity index (χ1n) is 8.76. The lowest BCUT2D eigenvalue weighted by atomic mass is 10.0. The van der Waals surface area contributed by atoms with Crippen LogP contribution in [0.15, 0.2) is 51.9 Å². The molecule has 0 spiro atoms. The largest absolute Gasteiger partial charge is 0.508 e. The Labute approximate surface area is 163 Å². The number of phenols is 2. The zero-order valence-corrected chi connectivity index (χ0v) is 14.9. The smallest absolute Gasteiger partial charge is 0.229 e. The van der Waals surface area contributed by atoms with Crippen molar-refractivity contribution >= 4 is 11.0 Å². The van der Waals surface area contributed by atoms with Crippen LogP contribution in [-0.2, 0) is 4.74 Å². The zero-order chi connectivity index (χ0) is 20.7. The summed E-state index contributed by atoms with van der Waals surface area (Å²) in [6, 6.07) is 8.54. The lowest BCUT2D eigenvalue weighted by Gasteiger charge is -2.17. The Kier molecular flexibility index (Phi) is 4.89. The van der Waals surface area contributed by atoms with Crippen molar-refractivity contribution in [1.29, 1.82) is 0 Å². The summed E-state index contributed by atoms with van der Waals surface area (Å²) in [4.78, 5) is 12.8. The fourth-order valence-corrected chi connectivity index (χ4v) is 3.25. The van der Waals surface area contributed by atoms with E-state index in [1.165, 1.54) is 24.5 Å². The van der Waals surface area contributed by atoms with Crippen LogP contribution in [0.25, 0.3) is 22.1 Å². The van der Waals surface area contributed by atoms with Crippen molar-refractivity contribution in [1.82, 2.24) is 0 Å². The lowest BCUT2D eigenvalue weighted by molar-refractivity contribution is -0.116. The third-order valence-corrected chi connectivity index (χ3v) is 4.74. The highest BCUT2D eigenvalue weighted by atomic mass is 16.7. The van der Waals surface area contributed by atoms with Gasteiger partial charge in [-0.15, -0.1) is 0 Å². The molecule has 4 atom stereocenters. The molecule has 1 saturated heterocycles. The summed E-state index contributed by atoms with van der Waals surface area (Å²) in [5.74, 6) is -0.411. The first-order valence-corrected chi connectivity index (χ1v) is 8.76. The van der Waals surface area contributed by atoms with Crippen LogP contribution in [0.3, 0.4) is 0 Å². The lowest BCUT2D eigenvalue weighted by Crippen LogP contribution is -2.35. The van der Waals surface area contributed by atoms with E-state index in [-0.39, 0.29) is 28.0 Å². The number of aliphatic hydroxyl groups excluding tert-OH is 3. The molecule has 1 aliphatic rings. The highest BCUT2D eigenvalue weighted by Crippen LogP contribution is 2.33. The maximum Gasteiger partial charge on any atom is 0.229 e. The summed E-state index contributed by atoms with van der Waals surface area (Å²) in [5.41, 5.74) is 0.0992. The normalized spacial score (nSPS) is 24.1. The molecular formula is C20H18O9. The monoisotopic (exact) mass is 402 g/mol. The molecule has 4 rings (SSSR count). The maximum absolute atomic E-state index is 12.8. The van der Waals surface area contributed by atoms with E-state index in [1.54, 1.807) is 12.1 Å². The van der Waals surface area contributed by atoms with Crippen LogP contribution >= 0.6 is 0 Å². The average molecular weight is 402 g/mol. The number of aliphatic hydroxyl groups is 3. The van der Waals surface area contributed by atoms with Gasteiger partial charge in [0.05, 0.1) is 12.2 Å². The summed E-state index contributed by atoms with van der Waals surface area (Å²) in [5, 5.41) is 48.8. The second-order valence-corrected chi connectivity index (χ2v) is 6.67.